The minimum absolute atomic E-state index is 0.0864. The summed E-state index contributed by atoms with van der Waals surface area (Å²) in [5.41, 5.74) is 2.68. The van der Waals surface area contributed by atoms with Gasteiger partial charge in [0.2, 0.25) is 5.91 Å². The number of hydrogen-bond donors (Lipinski definition) is 2. The van der Waals surface area contributed by atoms with E-state index in [-0.39, 0.29) is 16.7 Å². The normalized spacial score (nSPS) is 13.2. The number of anilines is 3. The Hall–Kier alpha value is -3.72. The van der Waals surface area contributed by atoms with E-state index in [1.54, 1.807) is 41.3 Å². The number of fused-ring (bicyclic) bond motifs is 1. The minimum Gasteiger partial charge on any atom is -0.326 e. The first-order valence-electron chi connectivity index (χ1n) is 10.3. The van der Waals surface area contributed by atoms with Crippen LogP contribution in [-0.2, 0) is 21.2 Å². The molecule has 0 spiro atoms. The summed E-state index contributed by atoms with van der Waals surface area (Å²) in [6, 6.07) is 16.3. The second-order valence-corrected chi connectivity index (χ2v) is 9.40. The number of carbonyl (C=O) groups is 2. The van der Waals surface area contributed by atoms with Gasteiger partial charge in [0.1, 0.15) is 5.82 Å². The molecule has 0 fully saturated rings. The molecule has 1 heterocycles. The fourth-order valence-corrected chi connectivity index (χ4v) is 4.85. The van der Waals surface area contributed by atoms with Crippen molar-refractivity contribution in [2.24, 2.45) is 0 Å². The molecule has 0 radical (unpaired) electrons. The van der Waals surface area contributed by atoms with Crippen LogP contribution in [0.15, 0.2) is 71.6 Å². The van der Waals surface area contributed by atoms with E-state index >= 15 is 0 Å². The van der Waals surface area contributed by atoms with Crippen LogP contribution in [0.2, 0.25) is 0 Å². The van der Waals surface area contributed by atoms with Crippen LogP contribution < -0.4 is 14.9 Å². The standard InChI is InChI=1S/C24H22FN3O4S/c1-16(29)26-20-8-10-21(11-9-20)27-33(31,32)22-12-13-23-18(15-22)3-2-14-28(23)24(30)17-4-6-19(25)7-5-17/h4-13,15,27H,2-3,14H2,1H3,(H,26,29). The third-order valence-corrected chi connectivity index (χ3v) is 6.65. The molecule has 3 aromatic rings. The summed E-state index contributed by atoms with van der Waals surface area (Å²) in [6.07, 6.45) is 1.32. The molecule has 2 amide bonds. The van der Waals surface area contributed by atoms with Gasteiger partial charge in [-0.25, -0.2) is 12.8 Å². The molecule has 0 bridgehead atoms. The van der Waals surface area contributed by atoms with Gasteiger partial charge >= 0.3 is 0 Å². The van der Waals surface area contributed by atoms with Gasteiger partial charge in [0.15, 0.2) is 0 Å². The molecule has 9 heteroatoms. The lowest BCUT2D eigenvalue weighted by Crippen LogP contribution is -2.35. The molecule has 0 aromatic heterocycles. The number of sulfonamides is 1. The van der Waals surface area contributed by atoms with E-state index < -0.39 is 15.8 Å². The first-order chi connectivity index (χ1) is 15.7. The maximum absolute atomic E-state index is 13.2. The van der Waals surface area contributed by atoms with E-state index in [9.17, 15) is 22.4 Å². The molecular formula is C24H22FN3O4S. The fourth-order valence-electron chi connectivity index (χ4n) is 3.74. The molecular weight excluding hydrogens is 445 g/mol. The van der Waals surface area contributed by atoms with E-state index in [1.807, 2.05) is 0 Å². The molecule has 2 N–H and O–H groups in total. The Labute approximate surface area is 191 Å². The Balaban J connectivity index is 1.56. The summed E-state index contributed by atoms with van der Waals surface area (Å²) in [6.45, 7) is 1.88. The maximum atomic E-state index is 13.2. The molecule has 4 rings (SSSR count). The quantitative estimate of drug-likeness (QED) is 0.589. The largest absolute Gasteiger partial charge is 0.326 e. The van der Waals surface area contributed by atoms with Crippen molar-refractivity contribution in [2.45, 2.75) is 24.7 Å². The van der Waals surface area contributed by atoms with E-state index in [2.05, 4.69) is 10.0 Å². The molecule has 0 unspecified atom stereocenters. The number of aryl methyl sites for hydroxylation is 1. The topological polar surface area (TPSA) is 95.6 Å². The van der Waals surface area contributed by atoms with Gasteiger partial charge in [0.25, 0.3) is 15.9 Å². The van der Waals surface area contributed by atoms with Crippen LogP contribution in [0.1, 0.15) is 29.3 Å². The Morgan fingerprint density at radius 3 is 2.27 bits per heavy atom. The van der Waals surface area contributed by atoms with Crippen LogP contribution in [0.4, 0.5) is 21.5 Å². The summed E-state index contributed by atoms with van der Waals surface area (Å²) < 4.78 is 41.6. The van der Waals surface area contributed by atoms with Crippen molar-refractivity contribution in [3.8, 4) is 0 Å². The van der Waals surface area contributed by atoms with Crippen LogP contribution in [0.25, 0.3) is 0 Å². The predicted octanol–water partition coefficient (Wildman–Crippen LogP) is 4.18. The van der Waals surface area contributed by atoms with Gasteiger partial charge in [-0.3, -0.25) is 14.3 Å². The molecule has 0 atom stereocenters. The van der Waals surface area contributed by atoms with Gasteiger partial charge < -0.3 is 10.2 Å². The first kappa shape index (κ1) is 22.5. The monoisotopic (exact) mass is 467 g/mol. The van der Waals surface area contributed by atoms with E-state index in [0.717, 1.165) is 5.56 Å². The number of benzene rings is 3. The zero-order chi connectivity index (χ0) is 23.6. The summed E-state index contributed by atoms with van der Waals surface area (Å²) in [5.74, 6) is -0.897. The average molecular weight is 468 g/mol. The molecule has 1 aliphatic rings. The Kier molecular flexibility index (Phi) is 6.15. The first-order valence-corrected chi connectivity index (χ1v) is 11.8. The zero-order valence-corrected chi connectivity index (χ0v) is 18.7. The number of amides is 2. The van der Waals surface area contributed by atoms with Crippen LogP contribution in [0.5, 0.6) is 0 Å². The van der Waals surface area contributed by atoms with Gasteiger partial charge in [0, 0.05) is 36.1 Å². The molecule has 33 heavy (non-hydrogen) atoms. The smallest absolute Gasteiger partial charge is 0.261 e. The summed E-state index contributed by atoms with van der Waals surface area (Å²) in [5, 5.41) is 2.62. The van der Waals surface area contributed by atoms with Crippen molar-refractivity contribution >= 4 is 38.9 Å². The number of nitrogens with one attached hydrogen (secondary N) is 2. The highest BCUT2D eigenvalue weighted by atomic mass is 32.2. The zero-order valence-electron chi connectivity index (χ0n) is 17.8. The van der Waals surface area contributed by atoms with Gasteiger partial charge in [0.05, 0.1) is 4.90 Å². The lowest BCUT2D eigenvalue weighted by molar-refractivity contribution is -0.114. The highest BCUT2D eigenvalue weighted by molar-refractivity contribution is 7.92. The highest BCUT2D eigenvalue weighted by Gasteiger charge is 2.25. The second-order valence-electron chi connectivity index (χ2n) is 7.72. The van der Waals surface area contributed by atoms with Crippen LogP contribution in [0.3, 0.4) is 0 Å². The van der Waals surface area contributed by atoms with Crippen molar-refractivity contribution in [1.29, 1.82) is 0 Å². The maximum Gasteiger partial charge on any atom is 0.261 e. The average Bonchev–Trinajstić information content (AvgIpc) is 2.79. The number of carbonyl (C=O) groups excluding carboxylic acids is 2. The lowest BCUT2D eigenvalue weighted by Gasteiger charge is -2.30. The van der Waals surface area contributed by atoms with Crippen molar-refractivity contribution in [1.82, 2.24) is 0 Å². The third kappa shape index (κ3) is 5.04. The van der Waals surface area contributed by atoms with Crippen molar-refractivity contribution in [3.05, 3.63) is 83.7 Å². The molecule has 3 aromatic carbocycles. The summed E-state index contributed by atoms with van der Waals surface area (Å²) in [4.78, 5) is 25.7. The van der Waals surface area contributed by atoms with Crippen LogP contribution in [0, 0.1) is 5.82 Å². The Morgan fingerprint density at radius 2 is 1.61 bits per heavy atom. The molecule has 7 nitrogen and oxygen atoms in total. The molecule has 0 aliphatic carbocycles. The lowest BCUT2D eigenvalue weighted by atomic mass is 10.0. The molecule has 0 saturated carbocycles. The van der Waals surface area contributed by atoms with Crippen molar-refractivity contribution in [3.63, 3.8) is 0 Å². The van der Waals surface area contributed by atoms with Gasteiger partial charge in [-0.05, 0) is 85.1 Å². The van der Waals surface area contributed by atoms with Crippen molar-refractivity contribution < 1.29 is 22.4 Å². The number of nitrogens with zero attached hydrogens (tertiary/aromatic N) is 1. The van der Waals surface area contributed by atoms with E-state index in [1.165, 1.54) is 37.3 Å². The number of rotatable bonds is 5. The van der Waals surface area contributed by atoms with E-state index in [4.69, 9.17) is 0 Å². The van der Waals surface area contributed by atoms with E-state index in [0.29, 0.717) is 42.0 Å². The molecule has 170 valence electrons. The van der Waals surface area contributed by atoms with Gasteiger partial charge in [-0.15, -0.1) is 0 Å². The highest BCUT2D eigenvalue weighted by Crippen LogP contribution is 2.31. The fraction of sp³-hybridized carbons (Fsp3) is 0.167. The minimum atomic E-state index is -3.86. The van der Waals surface area contributed by atoms with Gasteiger partial charge in [-0.2, -0.15) is 0 Å². The molecule has 1 aliphatic heterocycles. The Bertz CT molecular complexity index is 1310. The van der Waals surface area contributed by atoms with Gasteiger partial charge in [-0.1, -0.05) is 0 Å². The van der Waals surface area contributed by atoms with Crippen LogP contribution >= 0.6 is 0 Å². The van der Waals surface area contributed by atoms with Crippen LogP contribution in [-0.4, -0.2) is 26.8 Å². The Morgan fingerprint density at radius 1 is 0.939 bits per heavy atom. The SMILES string of the molecule is CC(=O)Nc1ccc(NS(=O)(=O)c2ccc3c(c2)CCCN3C(=O)c2ccc(F)cc2)cc1. The number of hydrogen-bond acceptors (Lipinski definition) is 4. The van der Waals surface area contributed by atoms with Crippen molar-refractivity contribution in [2.75, 3.05) is 21.5 Å². The third-order valence-electron chi connectivity index (χ3n) is 5.27. The molecule has 0 saturated heterocycles. The summed E-state index contributed by atoms with van der Waals surface area (Å²) >= 11 is 0. The predicted molar refractivity (Wildman–Crippen MR) is 124 cm³/mol. The summed E-state index contributed by atoms with van der Waals surface area (Å²) in [7, 11) is -3.86. The number of halogens is 1. The second kappa shape index (κ2) is 9.03.